The highest BCUT2D eigenvalue weighted by molar-refractivity contribution is 5.85. The Morgan fingerprint density at radius 1 is 1.40 bits per heavy atom. The summed E-state index contributed by atoms with van der Waals surface area (Å²) in [5.41, 5.74) is 1.83. The smallest absolute Gasteiger partial charge is 0.411 e. The summed E-state index contributed by atoms with van der Waals surface area (Å²) < 4.78 is 4.54. The Morgan fingerprint density at radius 2 is 2.13 bits per heavy atom. The van der Waals surface area contributed by atoms with E-state index in [1.165, 1.54) is 7.11 Å². The second-order valence-electron chi connectivity index (χ2n) is 3.05. The molecule has 0 spiro atoms. The Kier molecular flexibility index (Phi) is 4.63. The Bertz CT molecular complexity index is 326. The van der Waals surface area contributed by atoms with Gasteiger partial charge in [-0.15, -0.1) is 0 Å². The van der Waals surface area contributed by atoms with Crippen LogP contribution in [0.3, 0.4) is 0 Å². The van der Waals surface area contributed by atoms with Gasteiger partial charge in [0.1, 0.15) is 0 Å². The highest BCUT2D eigenvalue weighted by Crippen LogP contribution is 2.14. The summed E-state index contributed by atoms with van der Waals surface area (Å²) in [4.78, 5) is 11.1. The molecule has 15 heavy (non-hydrogen) atoms. The van der Waals surface area contributed by atoms with Gasteiger partial charge in [-0.25, -0.2) is 4.79 Å². The number of rotatable bonds is 4. The van der Waals surface area contributed by atoms with Crippen molar-refractivity contribution in [3.8, 4) is 0 Å². The molecule has 4 heteroatoms. The third-order valence-corrected chi connectivity index (χ3v) is 2.00. The van der Waals surface area contributed by atoms with E-state index in [4.69, 9.17) is 0 Å². The van der Waals surface area contributed by atoms with Crippen LogP contribution in [0.25, 0.3) is 0 Å². The van der Waals surface area contributed by atoms with Crippen molar-refractivity contribution in [3.05, 3.63) is 29.8 Å². The molecule has 0 aliphatic carbocycles. The van der Waals surface area contributed by atoms with Crippen molar-refractivity contribution >= 4 is 11.8 Å². The predicted molar refractivity (Wildman–Crippen MR) is 59.9 cm³/mol. The Morgan fingerprint density at radius 3 is 2.80 bits per heavy atom. The molecule has 0 heterocycles. The fourth-order valence-electron chi connectivity index (χ4n) is 1.22. The number of ether oxygens (including phenoxy) is 1. The number of anilines is 1. The van der Waals surface area contributed by atoms with Crippen molar-refractivity contribution in [2.75, 3.05) is 19.0 Å². The highest BCUT2D eigenvalue weighted by Gasteiger charge is 2.04. The molecule has 0 aliphatic rings. The van der Waals surface area contributed by atoms with Crippen LogP contribution < -0.4 is 10.6 Å². The van der Waals surface area contributed by atoms with E-state index in [1.807, 2.05) is 31.2 Å². The summed E-state index contributed by atoms with van der Waals surface area (Å²) in [6.45, 7) is 3.67. The number of benzene rings is 1. The molecule has 0 saturated heterocycles. The van der Waals surface area contributed by atoms with Crippen molar-refractivity contribution in [2.24, 2.45) is 0 Å². The van der Waals surface area contributed by atoms with Crippen LogP contribution in [0.1, 0.15) is 12.5 Å². The summed E-state index contributed by atoms with van der Waals surface area (Å²) in [6.07, 6.45) is -0.445. The van der Waals surface area contributed by atoms with Crippen LogP contribution in [0.4, 0.5) is 10.5 Å². The van der Waals surface area contributed by atoms with Gasteiger partial charge in [0.15, 0.2) is 0 Å². The predicted octanol–water partition coefficient (Wildman–Crippen LogP) is 1.97. The molecule has 0 atom stereocenters. The molecule has 0 radical (unpaired) electrons. The molecule has 1 aromatic carbocycles. The van der Waals surface area contributed by atoms with Crippen molar-refractivity contribution in [1.82, 2.24) is 5.32 Å². The fraction of sp³-hybridized carbons (Fsp3) is 0.364. The maximum atomic E-state index is 11.1. The van der Waals surface area contributed by atoms with Crippen molar-refractivity contribution in [1.29, 1.82) is 0 Å². The number of para-hydroxylation sites is 1. The molecule has 0 aromatic heterocycles. The van der Waals surface area contributed by atoms with Crippen LogP contribution in [0.2, 0.25) is 0 Å². The molecular formula is C11H16N2O2. The van der Waals surface area contributed by atoms with Crippen molar-refractivity contribution < 1.29 is 9.53 Å². The number of nitrogens with one attached hydrogen (secondary N) is 2. The van der Waals surface area contributed by atoms with E-state index < -0.39 is 6.09 Å². The van der Waals surface area contributed by atoms with Crippen LogP contribution in [-0.2, 0) is 11.3 Å². The summed E-state index contributed by atoms with van der Waals surface area (Å²) in [6, 6.07) is 7.63. The molecular weight excluding hydrogens is 192 g/mol. The highest BCUT2D eigenvalue weighted by atomic mass is 16.5. The van der Waals surface area contributed by atoms with Gasteiger partial charge in [0, 0.05) is 12.2 Å². The van der Waals surface area contributed by atoms with Crippen LogP contribution >= 0.6 is 0 Å². The lowest BCUT2D eigenvalue weighted by molar-refractivity contribution is 0.187. The second-order valence-corrected chi connectivity index (χ2v) is 3.05. The first-order chi connectivity index (χ1) is 7.27. The third kappa shape index (κ3) is 3.59. The Labute approximate surface area is 89.6 Å². The Hall–Kier alpha value is -1.55. The lowest BCUT2D eigenvalue weighted by Gasteiger charge is -2.10. The molecule has 82 valence electrons. The molecule has 1 aromatic rings. The number of carbonyl (C=O) groups excluding carboxylic acids is 1. The monoisotopic (exact) mass is 208 g/mol. The summed E-state index contributed by atoms with van der Waals surface area (Å²) in [5.74, 6) is 0. The van der Waals surface area contributed by atoms with E-state index in [9.17, 15) is 4.79 Å². The number of hydrogen-bond acceptors (Lipinski definition) is 3. The summed E-state index contributed by atoms with van der Waals surface area (Å²) in [5, 5.41) is 5.87. The van der Waals surface area contributed by atoms with Gasteiger partial charge in [0.25, 0.3) is 0 Å². The molecule has 0 aliphatic heterocycles. The summed E-state index contributed by atoms with van der Waals surface area (Å²) >= 11 is 0. The lowest BCUT2D eigenvalue weighted by Crippen LogP contribution is -2.16. The molecule has 1 amide bonds. The minimum absolute atomic E-state index is 0.445. The van der Waals surface area contributed by atoms with Gasteiger partial charge in [-0.2, -0.15) is 0 Å². The molecule has 4 nitrogen and oxygen atoms in total. The van der Waals surface area contributed by atoms with Gasteiger partial charge in [-0.05, 0) is 18.2 Å². The standard InChI is InChI=1S/C11H16N2O2/c1-3-12-8-9-6-4-5-7-10(9)13-11(14)15-2/h4-7,12H,3,8H2,1-2H3,(H,13,14). The molecule has 2 N–H and O–H groups in total. The summed E-state index contributed by atoms with van der Waals surface area (Å²) in [7, 11) is 1.35. The fourth-order valence-corrected chi connectivity index (χ4v) is 1.22. The van der Waals surface area contributed by atoms with Crippen LogP contribution in [0, 0.1) is 0 Å². The quantitative estimate of drug-likeness (QED) is 0.795. The minimum Gasteiger partial charge on any atom is -0.453 e. The van der Waals surface area contributed by atoms with Crippen LogP contribution in [-0.4, -0.2) is 19.7 Å². The maximum absolute atomic E-state index is 11.1. The average Bonchev–Trinajstić information content (AvgIpc) is 2.28. The van der Waals surface area contributed by atoms with E-state index in [0.717, 1.165) is 24.3 Å². The number of carbonyl (C=O) groups is 1. The lowest BCUT2D eigenvalue weighted by atomic mass is 10.2. The zero-order valence-electron chi connectivity index (χ0n) is 9.04. The van der Waals surface area contributed by atoms with Crippen LogP contribution in [0.5, 0.6) is 0 Å². The van der Waals surface area contributed by atoms with Crippen molar-refractivity contribution in [2.45, 2.75) is 13.5 Å². The van der Waals surface area contributed by atoms with E-state index in [2.05, 4.69) is 15.4 Å². The number of amides is 1. The van der Waals surface area contributed by atoms with Gasteiger partial charge in [-0.1, -0.05) is 25.1 Å². The second kappa shape index (κ2) is 6.03. The average molecular weight is 208 g/mol. The van der Waals surface area contributed by atoms with E-state index >= 15 is 0 Å². The van der Waals surface area contributed by atoms with E-state index in [-0.39, 0.29) is 0 Å². The number of hydrogen-bond donors (Lipinski definition) is 2. The number of methoxy groups -OCH3 is 1. The largest absolute Gasteiger partial charge is 0.453 e. The first-order valence-electron chi connectivity index (χ1n) is 4.91. The van der Waals surface area contributed by atoms with Gasteiger partial charge >= 0.3 is 6.09 Å². The molecule has 1 rings (SSSR count). The molecule has 0 saturated carbocycles. The zero-order valence-corrected chi connectivity index (χ0v) is 9.04. The third-order valence-electron chi connectivity index (χ3n) is 2.00. The molecule has 0 fully saturated rings. The topological polar surface area (TPSA) is 50.4 Å². The molecule has 0 unspecified atom stereocenters. The van der Waals surface area contributed by atoms with Gasteiger partial charge in [0.2, 0.25) is 0 Å². The van der Waals surface area contributed by atoms with Gasteiger partial charge in [-0.3, -0.25) is 5.32 Å². The first-order valence-corrected chi connectivity index (χ1v) is 4.91. The maximum Gasteiger partial charge on any atom is 0.411 e. The minimum atomic E-state index is -0.445. The zero-order chi connectivity index (χ0) is 11.1. The molecule has 0 bridgehead atoms. The normalized spacial score (nSPS) is 9.73. The van der Waals surface area contributed by atoms with Gasteiger partial charge < -0.3 is 10.1 Å². The van der Waals surface area contributed by atoms with Crippen molar-refractivity contribution in [3.63, 3.8) is 0 Å². The Balaban J connectivity index is 2.72. The van der Waals surface area contributed by atoms with E-state index in [0.29, 0.717) is 0 Å². The first kappa shape index (κ1) is 11.5. The van der Waals surface area contributed by atoms with Crippen LogP contribution in [0.15, 0.2) is 24.3 Å². The van der Waals surface area contributed by atoms with E-state index in [1.54, 1.807) is 0 Å². The SMILES string of the molecule is CCNCc1ccccc1NC(=O)OC. The van der Waals surface area contributed by atoms with Gasteiger partial charge in [0.05, 0.1) is 7.11 Å².